The standard InChI is InChI=1S/C15H11NO3S/c1-16-14(17)13(20-15(16)18)9-11-7-8-12(19-11)10-5-3-2-4-6-10/h2-9H,1H3/b13-9-. The summed E-state index contributed by atoms with van der Waals surface area (Å²) < 4.78 is 5.68. The zero-order valence-corrected chi connectivity index (χ0v) is 11.5. The average Bonchev–Trinajstić information content (AvgIpc) is 3.02. The highest BCUT2D eigenvalue weighted by atomic mass is 32.2. The number of rotatable bonds is 2. The van der Waals surface area contributed by atoms with Crippen LogP contribution >= 0.6 is 11.8 Å². The third kappa shape index (κ3) is 2.28. The third-order valence-corrected chi connectivity index (χ3v) is 3.91. The molecule has 1 aliphatic rings. The molecule has 1 saturated heterocycles. The first-order chi connectivity index (χ1) is 9.65. The van der Waals surface area contributed by atoms with E-state index < -0.39 is 0 Å². The Hall–Kier alpha value is -2.27. The van der Waals surface area contributed by atoms with Crippen molar-refractivity contribution in [3.63, 3.8) is 0 Å². The van der Waals surface area contributed by atoms with Crippen LogP contribution in [0.4, 0.5) is 4.79 Å². The summed E-state index contributed by atoms with van der Waals surface area (Å²) in [5.74, 6) is 0.994. The predicted octanol–water partition coefficient (Wildman–Crippen LogP) is 3.61. The van der Waals surface area contributed by atoms with Gasteiger partial charge < -0.3 is 4.42 Å². The van der Waals surface area contributed by atoms with Gasteiger partial charge in [-0.1, -0.05) is 30.3 Å². The fourth-order valence-corrected chi connectivity index (χ4v) is 2.67. The van der Waals surface area contributed by atoms with Crippen molar-refractivity contribution in [2.45, 2.75) is 0 Å². The summed E-state index contributed by atoms with van der Waals surface area (Å²) in [6.07, 6.45) is 1.60. The second-order valence-electron chi connectivity index (χ2n) is 4.31. The van der Waals surface area contributed by atoms with Gasteiger partial charge in [-0.15, -0.1) is 0 Å². The molecule has 1 aromatic heterocycles. The van der Waals surface area contributed by atoms with Crippen LogP contribution < -0.4 is 0 Å². The second-order valence-corrected chi connectivity index (χ2v) is 5.30. The molecule has 5 heteroatoms. The molecule has 0 N–H and O–H groups in total. The van der Waals surface area contributed by atoms with Crippen molar-refractivity contribution in [2.75, 3.05) is 7.05 Å². The van der Waals surface area contributed by atoms with Gasteiger partial charge in [0.25, 0.3) is 11.1 Å². The lowest BCUT2D eigenvalue weighted by Gasteiger charge is -2.00. The quantitative estimate of drug-likeness (QED) is 0.791. The van der Waals surface area contributed by atoms with Crippen LogP contribution in [0.25, 0.3) is 17.4 Å². The molecule has 2 amide bonds. The number of hydrogen-bond acceptors (Lipinski definition) is 4. The Balaban J connectivity index is 1.89. The molecule has 1 fully saturated rings. The van der Waals surface area contributed by atoms with Crippen LogP contribution in [0.5, 0.6) is 0 Å². The zero-order valence-electron chi connectivity index (χ0n) is 10.7. The highest BCUT2D eigenvalue weighted by Gasteiger charge is 2.32. The van der Waals surface area contributed by atoms with Gasteiger partial charge in [0.1, 0.15) is 11.5 Å². The van der Waals surface area contributed by atoms with Crippen molar-refractivity contribution in [1.82, 2.24) is 4.90 Å². The van der Waals surface area contributed by atoms with Crippen LogP contribution in [-0.2, 0) is 4.79 Å². The number of amides is 2. The van der Waals surface area contributed by atoms with Crippen LogP contribution in [0.3, 0.4) is 0 Å². The summed E-state index contributed by atoms with van der Waals surface area (Å²) in [4.78, 5) is 24.7. The summed E-state index contributed by atoms with van der Waals surface area (Å²) >= 11 is 0.920. The Bertz CT molecular complexity index is 703. The molecule has 0 saturated carbocycles. The van der Waals surface area contributed by atoms with Gasteiger partial charge in [-0.3, -0.25) is 14.5 Å². The molecule has 1 aromatic carbocycles. The first-order valence-electron chi connectivity index (χ1n) is 6.02. The Morgan fingerprint density at radius 1 is 1.10 bits per heavy atom. The van der Waals surface area contributed by atoms with Crippen molar-refractivity contribution >= 4 is 29.0 Å². The fraction of sp³-hybridized carbons (Fsp3) is 0.0667. The number of hydrogen-bond donors (Lipinski definition) is 0. The maximum atomic E-state index is 11.8. The Labute approximate surface area is 120 Å². The number of carbonyl (C=O) groups is 2. The number of nitrogens with zero attached hydrogens (tertiary/aromatic N) is 1. The van der Waals surface area contributed by atoms with Gasteiger partial charge in [0.15, 0.2) is 0 Å². The third-order valence-electron chi connectivity index (χ3n) is 2.94. The molecule has 4 nitrogen and oxygen atoms in total. The predicted molar refractivity (Wildman–Crippen MR) is 77.9 cm³/mol. The first-order valence-corrected chi connectivity index (χ1v) is 6.83. The zero-order chi connectivity index (χ0) is 14.1. The maximum Gasteiger partial charge on any atom is 0.293 e. The fourth-order valence-electron chi connectivity index (χ4n) is 1.86. The van der Waals surface area contributed by atoms with Crippen LogP contribution in [0, 0.1) is 0 Å². The van der Waals surface area contributed by atoms with Gasteiger partial charge in [-0.05, 0) is 23.9 Å². The van der Waals surface area contributed by atoms with Crippen molar-refractivity contribution < 1.29 is 14.0 Å². The van der Waals surface area contributed by atoms with E-state index in [0.29, 0.717) is 10.7 Å². The number of likely N-dealkylation sites (N-methyl/N-ethyl adjacent to an activating group) is 1. The number of imide groups is 1. The Morgan fingerprint density at radius 3 is 2.50 bits per heavy atom. The Kier molecular flexibility index (Phi) is 3.20. The van der Waals surface area contributed by atoms with Crippen LogP contribution in [0.1, 0.15) is 5.76 Å². The molecule has 0 radical (unpaired) electrons. The van der Waals surface area contributed by atoms with E-state index in [4.69, 9.17) is 4.42 Å². The Morgan fingerprint density at radius 2 is 1.85 bits per heavy atom. The average molecular weight is 285 g/mol. The maximum absolute atomic E-state index is 11.8. The van der Waals surface area contributed by atoms with Crippen LogP contribution in [-0.4, -0.2) is 23.1 Å². The van der Waals surface area contributed by atoms with Crippen molar-refractivity contribution in [3.8, 4) is 11.3 Å². The minimum Gasteiger partial charge on any atom is -0.457 e. The molecule has 0 aliphatic carbocycles. The monoisotopic (exact) mass is 285 g/mol. The minimum atomic E-state index is -0.294. The number of thioether (sulfide) groups is 1. The molecule has 2 heterocycles. The molecule has 0 atom stereocenters. The lowest BCUT2D eigenvalue weighted by atomic mass is 10.2. The number of furan rings is 1. The van der Waals surface area contributed by atoms with Crippen LogP contribution in [0.2, 0.25) is 0 Å². The van der Waals surface area contributed by atoms with E-state index in [1.165, 1.54) is 7.05 Å². The lowest BCUT2D eigenvalue weighted by Crippen LogP contribution is -2.22. The summed E-state index contributed by atoms with van der Waals surface area (Å²) in [6.45, 7) is 0. The van der Waals surface area contributed by atoms with Gasteiger partial charge >= 0.3 is 0 Å². The smallest absolute Gasteiger partial charge is 0.293 e. The summed E-state index contributed by atoms with van der Waals surface area (Å²) in [7, 11) is 1.47. The van der Waals surface area contributed by atoms with Crippen molar-refractivity contribution in [3.05, 3.63) is 53.1 Å². The minimum absolute atomic E-state index is 0.268. The van der Waals surface area contributed by atoms with E-state index in [-0.39, 0.29) is 11.1 Å². The highest BCUT2D eigenvalue weighted by Crippen LogP contribution is 2.32. The van der Waals surface area contributed by atoms with E-state index >= 15 is 0 Å². The molecule has 0 unspecified atom stereocenters. The molecule has 100 valence electrons. The molecule has 1 aliphatic heterocycles. The lowest BCUT2D eigenvalue weighted by molar-refractivity contribution is -0.121. The second kappa shape index (κ2) is 5.02. The first kappa shape index (κ1) is 12.7. The topological polar surface area (TPSA) is 50.5 Å². The van der Waals surface area contributed by atoms with Gasteiger partial charge in [-0.25, -0.2) is 0 Å². The molecule has 3 rings (SSSR count). The van der Waals surface area contributed by atoms with E-state index in [1.807, 2.05) is 36.4 Å². The van der Waals surface area contributed by atoms with Crippen molar-refractivity contribution in [2.24, 2.45) is 0 Å². The van der Waals surface area contributed by atoms with E-state index in [9.17, 15) is 9.59 Å². The van der Waals surface area contributed by atoms with E-state index in [0.717, 1.165) is 28.0 Å². The summed E-state index contributed by atoms with van der Waals surface area (Å²) in [5, 5.41) is -0.268. The van der Waals surface area contributed by atoms with Gasteiger partial charge in [0.05, 0.1) is 4.91 Å². The molecular formula is C15H11NO3S. The van der Waals surface area contributed by atoms with Gasteiger partial charge in [0.2, 0.25) is 0 Å². The highest BCUT2D eigenvalue weighted by molar-refractivity contribution is 8.18. The molecule has 0 bridgehead atoms. The normalized spacial score (nSPS) is 17.2. The van der Waals surface area contributed by atoms with E-state index in [1.54, 1.807) is 12.1 Å². The van der Waals surface area contributed by atoms with Crippen molar-refractivity contribution in [1.29, 1.82) is 0 Å². The number of carbonyl (C=O) groups excluding carboxylic acids is 2. The van der Waals surface area contributed by atoms with E-state index in [2.05, 4.69) is 0 Å². The number of benzene rings is 1. The van der Waals surface area contributed by atoms with Gasteiger partial charge in [-0.2, -0.15) is 0 Å². The molecule has 20 heavy (non-hydrogen) atoms. The SMILES string of the molecule is CN1C(=O)S/C(=C\c2ccc(-c3ccccc3)o2)C1=O. The largest absolute Gasteiger partial charge is 0.457 e. The molecular weight excluding hydrogens is 274 g/mol. The summed E-state index contributed by atoms with van der Waals surface area (Å²) in [6, 6.07) is 13.3. The van der Waals surface area contributed by atoms with Crippen LogP contribution in [0.15, 0.2) is 51.8 Å². The molecule has 0 spiro atoms. The van der Waals surface area contributed by atoms with Gasteiger partial charge in [0, 0.05) is 18.7 Å². The molecule has 2 aromatic rings. The summed E-state index contributed by atoms with van der Waals surface area (Å²) in [5.41, 5.74) is 0.968.